The van der Waals surface area contributed by atoms with E-state index >= 15 is 0 Å². The minimum atomic E-state index is 1.13. The van der Waals surface area contributed by atoms with E-state index < -0.39 is 0 Å². The molecule has 0 atom stereocenters. The molecule has 158 valence electrons. The van der Waals surface area contributed by atoms with Gasteiger partial charge in [-0.1, -0.05) is 79.4 Å². The van der Waals surface area contributed by atoms with Crippen molar-refractivity contribution in [3.05, 3.63) is 120 Å². The summed E-state index contributed by atoms with van der Waals surface area (Å²) >= 11 is 0. The Morgan fingerprint density at radius 2 is 1.12 bits per heavy atom. The zero-order valence-corrected chi connectivity index (χ0v) is 18.6. The van der Waals surface area contributed by atoms with Crippen molar-refractivity contribution in [2.24, 2.45) is 0 Å². The van der Waals surface area contributed by atoms with Gasteiger partial charge in [-0.2, -0.15) is 0 Å². The van der Waals surface area contributed by atoms with Crippen molar-refractivity contribution in [3.8, 4) is 11.4 Å². The van der Waals surface area contributed by atoms with E-state index in [1.54, 1.807) is 0 Å². The average molecular weight is 425 g/mol. The molecule has 0 aliphatic rings. The van der Waals surface area contributed by atoms with Crippen molar-refractivity contribution in [1.29, 1.82) is 0 Å². The molecule has 0 saturated heterocycles. The highest BCUT2D eigenvalue weighted by molar-refractivity contribution is 6.09. The van der Waals surface area contributed by atoms with Gasteiger partial charge in [0.1, 0.15) is 0 Å². The van der Waals surface area contributed by atoms with Crippen LogP contribution in [0.3, 0.4) is 0 Å². The number of hydrogen-bond donors (Lipinski definition) is 0. The van der Waals surface area contributed by atoms with E-state index in [0.29, 0.717) is 0 Å². The van der Waals surface area contributed by atoms with Gasteiger partial charge in [0.05, 0.1) is 21.9 Å². The lowest BCUT2D eigenvalue weighted by atomic mass is 10.2. The molecule has 2 heteroatoms. The van der Waals surface area contributed by atoms with E-state index in [2.05, 4.69) is 132 Å². The first kappa shape index (κ1) is 19.4. The molecule has 6 aromatic rings. The highest BCUT2D eigenvalue weighted by atomic mass is 15.0. The molecule has 4 aromatic carbocycles. The molecule has 2 aromatic heterocycles. The van der Waals surface area contributed by atoms with E-state index in [9.17, 15) is 0 Å². The molecule has 0 spiro atoms. The van der Waals surface area contributed by atoms with Gasteiger partial charge in [-0.25, -0.2) is 0 Å². The molecular formula is C31H24N2. The second kappa shape index (κ2) is 7.68. The number of hydrogen-bond acceptors (Lipinski definition) is 0. The van der Waals surface area contributed by atoms with Crippen LogP contribution in [-0.4, -0.2) is 9.13 Å². The Balaban J connectivity index is 1.70. The maximum Gasteiger partial charge on any atom is 0.0541 e. The predicted molar refractivity (Wildman–Crippen MR) is 142 cm³/mol. The standard InChI is InChI=1S/C31H24N2/c1-3-12-28-24(4-2)25-15-5-8-18-29(25)32(28)22-13-11-14-23(21-22)33-30-19-9-6-16-26(30)27-17-7-10-20-31(27)33/h3-21H,1H2,2H3/b24-4-,28-12+. The van der Waals surface area contributed by atoms with Crippen LogP contribution in [0.4, 0.5) is 0 Å². The fourth-order valence-electron chi connectivity index (χ4n) is 5.11. The van der Waals surface area contributed by atoms with Crippen LogP contribution in [-0.2, 0) is 0 Å². The van der Waals surface area contributed by atoms with E-state index in [4.69, 9.17) is 0 Å². The lowest BCUT2D eigenvalue weighted by molar-refractivity contribution is 1.06. The van der Waals surface area contributed by atoms with Crippen molar-refractivity contribution < 1.29 is 0 Å². The van der Waals surface area contributed by atoms with Gasteiger partial charge < -0.3 is 9.13 Å². The lowest BCUT2D eigenvalue weighted by Gasteiger charge is -2.12. The van der Waals surface area contributed by atoms with E-state index in [-0.39, 0.29) is 0 Å². The number of para-hydroxylation sites is 3. The Kier molecular flexibility index (Phi) is 4.51. The fourth-order valence-corrected chi connectivity index (χ4v) is 5.11. The van der Waals surface area contributed by atoms with Crippen LogP contribution in [0, 0.1) is 0 Å². The molecular weight excluding hydrogens is 400 g/mol. The molecule has 0 unspecified atom stereocenters. The molecule has 0 aliphatic carbocycles. The third kappa shape index (κ3) is 2.88. The molecule has 0 fully saturated rings. The Bertz CT molecular complexity index is 1740. The molecule has 0 aliphatic heterocycles. The van der Waals surface area contributed by atoms with Gasteiger partial charge in [-0.15, -0.1) is 0 Å². The van der Waals surface area contributed by atoms with Crippen LogP contribution in [0.15, 0.2) is 110 Å². The number of allylic oxidation sites excluding steroid dienone is 1. The highest BCUT2D eigenvalue weighted by Gasteiger charge is 2.13. The van der Waals surface area contributed by atoms with Crippen molar-refractivity contribution in [3.63, 3.8) is 0 Å². The molecule has 0 bridgehead atoms. The molecule has 2 nitrogen and oxygen atoms in total. The van der Waals surface area contributed by atoms with Crippen LogP contribution < -0.4 is 10.6 Å². The first-order chi connectivity index (χ1) is 16.3. The summed E-state index contributed by atoms with van der Waals surface area (Å²) in [5.74, 6) is 0. The molecule has 0 amide bonds. The molecule has 0 N–H and O–H groups in total. The Hall–Kier alpha value is -4.30. The maximum atomic E-state index is 3.98. The average Bonchev–Trinajstić information content (AvgIpc) is 3.37. The van der Waals surface area contributed by atoms with Crippen molar-refractivity contribution >= 4 is 44.9 Å². The lowest BCUT2D eigenvalue weighted by Crippen LogP contribution is -2.28. The second-order valence-electron chi connectivity index (χ2n) is 8.23. The van der Waals surface area contributed by atoms with Gasteiger partial charge in [-0.3, -0.25) is 0 Å². The third-order valence-corrected chi connectivity index (χ3v) is 6.44. The minimum Gasteiger partial charge on any atom is -0.309 e. The summed E-state index contributed by atoms with van der Waals surface area (Å²) in [6.07, 6.45) is 6.15. The number of nitrogens with zero attached hydrogens (tertiary/aromatic N) is 2. The van der Waals surface area contributed by atoms with Gasteiger partial charge in [0, 0.05) is 32.8 Å². The molecule has 0 saturated carbocycles. The number of benzene rings is 4. The smallest absolute Gasteiger partial charge is 0.0541 e. The Labute approximate surface area is 192 Å². The summed E-state index contributed by atoms with van der Waals surface area (Å²) in [7, 11) is 0. The predicted octanol–water partition coefficient (Wildman–Crippen LogP) is 6.49. The van der Waals surface area contributed by atoms with Gasteiger partial charge in [0.15, 0.2) is 0 Å². The highest BCUT2D eigenvalue weighted by Crippen LogP contribution is 2.32. The van der Waals surface area contributed by atoms with Gasteiger partial charge in [0.25, 0.3) is 0 Å². The van der Waals surface area contributed by atoms with Crippen molar-refractivity contribution in [1.82, 2.24) is 9.13 Å². The molecule has 6 rings (SSSR count). The normalized spacial score (nSPS) is 12.9. The van der Waals surface area contributed by atoms with Crippen molar-refractivity contribution in [2.75, 3.05) is 0 Å². The van der Waals surface area contributed by atoms with Crippen LogP contribution in [0.1, 0.15) is 6.92 Å². The third-order valence-electron chi connectivity index (χ3n) is 6.44. The van der Waals surface area contributed by atoms with Crippen LogP contribution in [0.5, 0.6) is 0 Å². The van der Waals surface area contributed by atoms with Crippen LogP contribution >= 0.6 is 0 Å². The zero-order valence-electron chi connectivity index (χ0n) is 18.6. The monoisotopic (exact) mass is 424 g/mol. The fraction of sp³-hybridized carbons (Fsp3) is 0.0323. The largest absolute Gasteiger partial charge is 0.309 e. The summed E-state index contributed by atoms with van der Waals surface area (Å²) in [4.78, 5) is 0. The van der Waals surface area contributed by atoms with Crippen LogP contribution in [0.25, 0.3) is 56.2 Å². The van der Waals surface area contributed by atoms with E-state index in [0.717, 1.165) is 16.7 Å². The summed E-state index contributed by atoms with van der Waals surface area (Å²) in [6.45, 7) is 6.07. The quantitative estimate of drug-likeness (QED) is 0.307. The second-order valence-corrected chi connectivity index (χ2v) is 8.23. The first-order valence-corrected chi connectivity index (χ1v) is 11.3. The Morgan fingerprint density at radius 1 is 0.606 bits per heavy atom. The van der Waals surface area contributed by atoms with E-state index in [1.165, 1.54) is 37.9 Å². The van der Waals surface area contributed by atoms with E-state index in [1.807, 2.05) is 6.08 Å². The SMILES string of the molecule is C=C/C=c1\c(=C/C)c2ccccc2n1-c1cccc(-n2c3ccccc3c3ccccc32)c1. The molecule has 0 radical (unpaired) electrons. The van der Waals surface area contributed by atoms with Crippen LogP contribution in [0.2, 0.25) is 0 Å². The summed E-state index contributed by atoms with van der Waals surface area (Å²) in [5, 5.41) is 6.16. The van der Waals surface area contributed by atoms with Gasteiger partial charge >= 0.3 is 0 Å². The van der Waals surface area contributed by atoms with Gasteiger partial charge in [0.2, 0.25) is 0 Å². The number of fused-ring (bicyclic) bond motifs is 4. The summed E-state index contributed by atoms with van der Waals surface area (Å²) < 4.78 is 4.70. The maximum absolute atomic E-state index is 3.98. The first-order valence-electron chi connectivity index (χ1n) is 11.3. The minimum absolute atomic E-state index is 1.13. The number of rotatable bonds is 3. The molecule has 33 heavy (non-hydrogen) atoms. The Morgan fingerprint density at radius 3 is 1.70 bits per heavy atom. The zero-order chi connectivity index (χ0) is 22.4. The van der Waals surface area contributed by atoms with Gasteiger partial charge in [-0.05, 0) is 49.4 Å². The summed E-state index contributed by atoms with van der Waals surface area (Å²) in [6, 6.07) is 34.7. The summed E-state index contributed by atoms with van der Waals surface area (Å²) in [5.41, 5.74) is 5.90. The molecule has 2 heterocycles. The number of aromatic nitrogens is 2. The van der Waals surface area contributed by atoms with Crippen molar-refractivity contribution in [2.45, 2.75) is 6.92 Å². The topological polar surface area (TPSA) is 9.86 Å².